The second-order valence-corrected chi connectivity index (χ2v) is 5.79. The number of hydrogen-bond acceptors (Lipinski definition) is 3. The molecule has 1 aromatic rings. The Kier molecular flexibility index (Phi) is 5.08. The van der Waals surface area contributed by atoms with E-state index in [2.05, 4.69) is 5.32 Å². The van der Waals surface area contributed by atoms with Crippen LogP contribution in [0.5, 0.6) is 0 Å². The lowest BCUT2D eigenvalue weighted by atomic mass is 10.1. The summed E-state index contributed by atoms with van der Waals surface area (Å²) in [6.45, 7) is -0.0643. The van der Waals surface area contributed by atoms with Crippen LogP contribution in [0.25, 0.3) is 0 Å². The normalized spacial score (nSPS) is 21.7. The summed E-state index contributed by atoms with van der Waals surface area (Å²) in [4.78, 5) is 23.0. The van der Waals surface area contributed by atoms with E-state index in [9.17, 15) is 9.59 Å². The maximum absolute atomic E-state index is 12.0. The van der Waals surface area contributed by atoms with Crippen molar-refractivity contribution in [3.05, 3.63) is 33.8 Å². The number of amides is 1. The molecular weight excluding hydrogens is 317 g/mol. The minimum Gasteiger partial charge on any atom is -0.480 e. The number of benzene rings is 1. The summed E-state index contributed by atoms with van der Waals surface area (Å²) in [6, 6.07) is 4.23. The van der Waals surface area contributed by atoms with Crippen molar-refractivity contribution >= 4 is 35.1 Å². The van der Waals surface area contributed by atoms with Crippen LogP contribution in [0.1, 0.15) is 17.9 Å². The first-order chi connectivity index (χ1) is 9.93. The van der Waals surface area contributed by atoms with Crippen LogP contribution in [-0.2, 0) is 14.3 Å². The van der Waals surface area contributed by atoms with Gasteiger partial charge in [-0.1, -0.05) is 29.3 Å². The van der Waals surface area contributed by atoms with Gasteiger partial charge in [0.1, 0.15) is 0 Å². The third kappa shape index (κ3) is 3.87. The van der Waals surface area contributed by atoms with Crippen molar-refractivity contribution < 1.29 is 19.4 Å². The first kappa shape index (κ1) is 16.1. The van der Waals surface area contributed by atoms with E-state index in [1.165, 1.54) is 7.11 Å². The summed E-state index contributed by atoms with van der Waals surface area (Å²) in [7, 11) is 1.39. The SMILES string of the molecule is COCC(NC(=O)C1CC1c1ccc(Cl)c(Cl)c1)C(=O)O. The first-order valence-corrected chi connectivity index (χ1v) is 7.16. The maximum atomic E-state index is 12.0. The molecule has 1 aliphatic rings. The van der Waals surface area contributed by atoms with Crippen molar-refractivity contribution in [2.45, 2.75) is 18.4 Å². The average Bonchev–Trinajstić information content (AvgIpc) is 3.21. The summed E-state index contributed by atoms with van der Waals surface area (Å²) < 4.78 is 4.78. The van der Waals surface area contributed by atoms with Gasteiger partial charge in [0.2, 0.25) is 5.91 Å². The van der Waals surface area contributed by atoms with E-state index < -0.39 is 12.0 Å². The Hall–Kier alpha value is -1.30. The third-order valence-corrected chi connectivity index (χ3v) is 4.19. The van der Waals surface area contributed by atoms with Crippen LogP contribution in [-0.4, -0.2) is 36.7 Å². The molecule has 0 bridgehead atoms. The van der Waals surface area contributed by atoms with E-state index in [0.29, 0.717) is 16.5 Å². The molecule has 0 heterocycles. The standard InChI is InChI=1S/C14H15Cl2NO4/c1-21-6-12(14(19)20)17-13(18)9-5-8(9)7-2-3-10(15)11(16)4-7/h2-4,8-9,12H,5-6H2,1H3,(H,17,18)(H,19,20). The van der Waals surface area contributed by atoms with Crippen LogP contribution in [0.2, 0.25) is 10.0 Å². The third-order valence-electron chi connectivity index (χ3n) is 3.45. The zero-order valence-electron chi connectivity index (χ0n) is 11.3. The largest absolute Gasteiger partial charge is 0.480 e. The predicted molar refractivity (Wildman–Crippen MR) is 78.8 cm³/mol. The topological polar surface area (TPSA) is 75.6 Å². The van der Waals surface area contributed by atoms with E-state index in [-0.39, 0.29) is 24.3 Å². The Labute approximate surface area is 132 Å². The van der Waals surface area contributed by atoms with E-state index in [0.717, 1.165) is 5.56 Å². The first-order valence-electron chi connectivity index (χ1n) is 6.41. The number of carboxylic acids is 1. The highest BCUT2D eigenvalue weighted by atomic mass is 35.5. The van der Waals surface area contributed by atoms with Crippen LogP contribution in [0.3, 0.4) is 0 Å². The predicted octanol–water partition coefficient (Wildman–Crippen LogP) is 2.31. The molecular formula is C14H15Cl2NO4. The van der Waals surface area contributed by atoms with E-state index >= 15 is 0 Å². The molecule has 2 rings (SSSR count). The van der Waals surface area contributed by atoms with E-state index in [1.807, 2.05) is 6.07 Å². The number of rotatable bonds is 6. The van der Waals surface area contributed by atoms with Gasteiger partial charge in [0.15, 0.2) is 6.04 Å². The lowest BCUT2D eigenvalue weighted by Gasteiger charge is -2.13. The molecule has 1 fully saturated rings. The molecule has 1 saturated carbocycles. The molecule has 5 nitrogen and oxygen atoms in total. The van der Waals surface area contributed by atoms with Gasteiger partial charge in [0, 0.05) is 13.0 Å². The van der Waals surface area contributed by atoms with Gasteiger partial charge in [-0.05, 0) is 30.0 Å². The molecule has 0 aliphatic heterocycles. The van der Waals surface area contributed by atoms with Crippen molar-refractivity contribution in [3.8, 4) is 0 Å². The molecule has 7 heteroatoms. The summed E-state index contributed by atoms with van der Waals surface area (Å²) in [6.07, 6.45) is 0.670. The van der Waals surface area contributed by atoms with Crippen molar-refractivity contribution in [3.63, 3.8) is 0 Å². The molecule has 1 aliphatic carbocycles. The van der Waals surface area contributed by atoms with Gasteiger partial charge in [-0.3, -0.25) is 4.79 Å². The monoisotopic (exact) mass is 331 g/mol. The second-order valence-electron chi connectivity index (χ2n) is 4.98. The number of halogens is 2. The van der Waals surface area contributed by atoms with Gasteiger partial charge in [-0.25, -0.2) is 4.79 Å². The van der Waals surface area contributed by atoms with Crippen LogP contribution in [0, 0.1) is 5.92 Å². The molecule has 3 atom stereocenters. The number of methoxy groups -OCH3 is 1. The van der Waals surface area contributed by atoms with Gasteiger partial charge in [-0.15, -0.1) is 0 Å². The minimum atomic E-state index is -1.11. The Morgan fingerprint density at radius 3 is 2.71 bits per heavy atom. The second kappa shape index (κ2) is 6.64. The average molecular weight is 332 g/mol. The molecule has 2 N–H and O–H groups in total. The van der Waals surface area contributed by atoms with Crippen LogP contribution in [0.4, 0.5) is 0 Å². The number of carbonyl (C=O) groups is 2. The number of carbonyl (C=O) groups excluding carboxylic acids is 1. The summed E-state index contributed by atoms with van der Waals surface area (Å²) in [5.74, 6) is -1.58. The highest BCUT2D eigenvalue weighted by Crippen LogP contribution is 2.48. The smallest absolute Gasteiger partial charge is 0.328 e. The zero-order chi connectivity index (χ0) is 15.6. The van der Waals surface area contributed by atoms with Gasteiger partial charge in [-0.2, -0.15) is 0 Å². The summed E-state index contributed by atoms with van der Waals surface area (Å²) in [5.41, 5.74) is 0.933. The van der Waals surface area contributed by atoms with Crippen molar-refractivity contribution in [2.75, 3.05) is 13.7 Å². The lowest BCUT2D eigenvalue weighted by Crippen LogP contribution is -2.44. The van der Waals surface area contributed by atoms with Gasteiger partial charge in [0.05, 0.1) is 16.7 Å². The molecule has 114 valence electrons. The Morgan fingerprint density at radius 1 is 1.43 bits per heavy atom. The molecule has 0 saturated heterocycles. The van der Waals surface area contributed by atoms with Crippen molar-refractivity contribution in [1.82, 2.24) is 5.32 Å². The molecule has 0 radical (unpaired) electrons. The fourth-order valence-corrected chi connectivity index (χ4v) is 2.52. The number of aliphatic carboxylic acids is 1. The molecule has 0 spiro atoms. The Morgan fingerprint density at radius 2 is 2.14 bits per heavy atom. The van der Waals surface area contributed by atoms with E-state index in [1.54, 1.807) is 12.1 Å². The number of carboxylic acid groups (broad SMARTS) is 1. The molecule has 0 aromatic heterocycles. The Balaban J connectivity index is 1.97. The van der Waals surface area contributed by atoms with E-state index in [4.69, 9.17) is 33.0 Å². The van der Waals surface area contributed by atoms with Crippen molar-refractivity contribution in [2.24, 2.45) is 5.92 Å². The quantitative estimate of drug-likeness (QED) is 0.838. The fourth-order valence-electron chi connectivity index (χ4n) is 2.22. The molecule has 1 amide bonds. The van der Waals surface area contributed by atoms with Gasteiger partial charge in [0.25, 0.3) is 0 Å². The highest BCUT2D eigenvalue weighted by Gasteiger charge is 2.45. The molecule has 21 heavy (non-hydrogen) atoms. The minimum absolute atomic E-state index is 0.0526. The summed E-state index contributed by atoms with van der Waals surface area (Å²) >= 11 is 11.8. The fraction of sp³-hybridized carbons (Fsp3) is 0.429. The zero-order valence-corrected chi connectivity index (χ0v) is 12.8. The number of nitrogens with one attached hydrogen (secondary N) is 1. The maximum Gasteiger partial charge on any atom is 0.328 e. The molecule has 3 unspecified atom stereocenters. The highest BCUT2D eigenvalue weighted by molar-refractivity contribution is 6.42. The molecule has 1 aromatic carbocycles. The lowest BCUT2D eigenvalue weighted by molar-refractivity contribution is -0.143. The van der Waals surface area contributed by atoms with Gasteiger partial charge < -0.3 is 15.2 Å². The van der Waals surface area contributed by atoms with Crippen LogP contribution >= 0.6 is 23.2 Å². The van der Waals surface area contributed by atoms with Crippen molar-refractivity contribution in [1.29, 1.82) is 0 Å². The van der Waals surface area contributed by atoms with Crippen LogP contribution in [0.15, 0.2) is 18.2 Å². The number of ether oxygens (including phenoxy) is 1. The Bertz CT molecular complexity index is 564. The number of hydrogen-bond donors (Lipinski definition) is 2. The van der Waals surface area contributed by atoms with Crippen LogP contribution < -0.4 is 5.32 Å². The summed E-state index contributed by atoms with van der Waals surface area (Å²) in [5, 5.41) is 12.4. The van der Waals surface area contributed by atoms with Gasteiger partial charge >= 0.3 is 5.97 Å².